The minimum absolute atomic E-state index is 0. The van der Waals surface area contributed by atoms with Crippen molar-refractivity contribution in [2.75, 3.05) is 0 Å². The van der Waals surface area contributed by atoms with Gasteiger partial charge in [0.15, 0.2) is 46.5 Å². The second-order valence-electron chi connectivity index (χ2n) is 30.3. The summed E-state index contributed by atoms with van der Waals surface area (Å²) < 4.78 is 280. The molecule has 2 fully saturated rings. The summed E-state index contributed by atoms with van der Waals surface area (Å²) in [4.78, 5) is 0. The van der Waals surface area contributed by atoms with Gasteiger partial charge in [0.1, 0.15) is 52.7 Å². The van der Waals surface area contributed by atoms with Crippen molar-refractivity contribution in [3.8, 4) is 0 Å². The van der Waals surface area contributed by atoms with Gasteiger partial charge >= 0.3 is 26.2 Å². The summed E-state index contributed by atoms with van der Waals surface area (Å²) in [6, 6.07) is 0. The van der Waals surface area contributed by atoms with Crippen LogP contribution in [-0.2, 0) is 26.2 Å². The molecule has 2 saturated carbocycles. The normalized spacial score (nSPS) is 18.4. The molecule has 4 aromatic rings. The van der Waals surface area contributed by atoms with Crippen molar-refractivity contribution in [3.05, 3.63) is 101 Å². The van der Waals surface area contributed by atoms with Crippen LogP contribution in [0.25, 0.3) is 0 Å². The average molecular weight is 1370 g/mol. The van der Waals surface area contributed by atoms with E-state index in [0.29, 0.717) is 0 Å². The van der Waals surface area contributed by atoms with Crippen molar-refractivity contribution in [2.24, 2.45) is 23.7 Å². The molecule has 0 amide bonds. The maximum atomic E-state index is 17.8. The van der Waals surface area contributed by atoms with Crippen LogP contribution in [0.15, 0.2) is 0 Å². The van der Waals surface area contributed by atoms with Crippen LogP contribution in [0.1, 0.15) is 149 Å². The van der Waals surface area contributed by atoms with E-state index in [1.807, 2.05) is 0 Å². The van der Waals surface area contributed by atoms with Crippen LogP contribution in [0.2, 0.25) is 72.5 Å². The van der Waals surface area contributed by atoms with Crippen LogP contribution in [0.5, 0.6) is 0 Å². The Morgan fingerprint density at radius 3 is 0.471 bits per heavy atom. The fourth-order valence-corrected chi connectivity index (χ4v) is 19.6. The van der Waals surface area contributed by atoms with Gasteiger partial charge in [-0.1, -0.05) is 202 Å². The first-order chi connectivity index (χ1) is 37.2. The van der Waals surface area contributed by atoms with E-state index in [1.165, 1.54) is 174 Å². The molecular weight excluding hydrogens is 1280 g/mol. The molecule has 4 atom stereocenters. The van der Waals surface area contributed by atoms with Crippen LogP contribution in [-0.4, -0.2) is 38.4 Å². The third kappa shape index (κ3) is 13.2. The van der Waals surface area contributed by atoms with E-state index >= 15 is 70.2 Å². The van der Waals surface area contributed by atoms with E-state index in [9.17, 15) is 0 Å². The average Bonchev–Trinajstić information content (AvgIpc) is 3.90. The monoisotopic (exact) mass is 1360 g/mol. The minimum atomic E-state index is -6.78. The molecule has 0 radical (unpaired) electrons. The van der Waals surface area contributed by atoms with Gasteiger partial charge in [-0.15, -0.1) is 21.9 Å². The maximum Gasteiger partial charge on any atom is 4.00 e. The molecule has 4 aromatic carbocycles. The predicted octanol–water partition coefficient (Wildman–Crippen LogP) is 17.5. The molecule has 0 aromatic heterocycles. The summed E-state index contributed by atoms with van der Waals surface area (Å²) >= 11 is 0. The zero-order valence-corrected chi connectivity index (χ0v) is 61.1. The molecule has 0 N–H and O–H groups in total. The Bertz CT molecular complexity index is 2600. The maximum absolute atomic E-state index is 17.8. The van der Waals surface area contributed by atoms with Gasteiger partial charge in [-0.05, 0) is 43.8 Å². The van der Waals surface area contributed by atoms with Crippen molar-refractivity contribution in [3.63, 3.8) is 0 Å². The molecular formula is C63H91BF16Si4Zr+2. The van der Waals surface area contributed by atoms with E-state index in [4.69, 9.17) is 0 Å². The minimum Gasteiger partial charge on any atom is -0.358 e. The molecule has 85 heavy (non-hydrogen) atoms. The van der Waals surface area contributed by atoms with Crippen LogP contribution in [0, 0.1) is 124 Å². The molecule has 0 heterocycles. The summed E-state index contributed by atoms with van der Waals surface area (Å²) in [6.07, 6.45) is 2.07. The zero-order valence-electron chi connectivity index (χ0n) is 54.7. The topological polar surface area (TPSA) is 0 Å². The van der Waals surface area contributed by atoms with E-state index in [0.717, 1.165) is 23.7 Å². The van der Waals surface area contributed by atoms with Crippen molar-refractivity contribution in [1.29, 1.82) is 0 Å². The third-order valence-electron chi connectivity index (χ3n) is 21.5. The van der Waals surface area contributed by atoms with Gasteiger partial charge in [0.25, 0.3) is 0 Å². The summed E-state index contributed by atoms with van der Waals surface area (Å²) in [5.74, 6) is -40.3. The summed E-state index contributed by atoms with van der Waals surface area (Å²) in [5, 5.41) is -10.7. The Morgan fingerprint density at radius 1 is 0.271 bits per heavy atom. The molecule has 2 aliphatic carbocycles. The largest absolute Gasteiger partial charge is 4.00 e. The number of halogens is 16. The van der Waals surface area contributed by atoms with Gasteiger partial charge in [-0.2, -0.15) is 0 Å². The Balaban J connectivity index is 0.00000134. The van der Waals surface area contributed by atoms with Gasteiger partial charge in [0.05, 0.1) is 32.3 Å². The zero-order chi connectivity index (χ0) is 64.9. The Hall–Kier alpha value is -2.42. The number of benzene rings is 4. The molecule has 476 valence electrons. The predicted molar refractivity (Wildman–Crippen MR) is 327 cm³/mol. The first-order valence-electron chi connectivity index (χ1n) is 28.8. The molecule has 0 spiro atoms. The number of hydrogen-bond donors (Lipinski definition) is 0. The van der Waals surface area contributed by atoms with Crippen molar-refractivity contribution in [1.82, 2.24) is 0 Å². The third-order valence-corrected chi connectivity index (χ3v) is 43.3. The van der Waals surface area contributed by atoms with Crippen LogP contribution >= 0.6 is 0 Å². The standard InChI is InChI=1S/C48H60BF16Si4.2C7H14.CH3.Zr/c1-45(2,3)66(13,14)41-33(58)25(50)21(26(51)34(41)59)49(22-27(52)35(60)42(36(61)28(22)53)67(15,16)46(4,5)6,23-29(54)37(62)43(38(63)30(23)55)68(17,18)47(7,8)9)24-31(56)39(64)44(40(65)32(24)57)69(19,20)48(10,11)12;2*1-6-4-3-5-7(6)2;;/h1-20H3;2*6-7H,3-5H2,1-2H3;1H3;/q-1;;;-1;+4. The second-order valence-corrected chi connectivity index (χ2v) is 51.3. The van der Waals surface area contributed by atoms with Gasteiger partial charge in [-0.3, -0.25) is 0 Å². The Morgan fingerprint density at radius 2 is 0.388 bits per heavy atom. The Labute approximate surface area is 520 Å². The van der Waals surface area contributed by atoms with Crippen LogP contribution in [0.4, 0.5) is 70.2 Å². The van der Waals surface area contributed by atoms with Gasteiger partial charge < -0.3 is 7.43 Å². The van der Waals surface area contributed by atoms with E-state index < -0.39 is 194 Å². The van der Waals surface area contributed by atoms with Gasteiger partial charge in [0, 0.05) is 20.7 Å². The van der Waals surface area contributed by atoms with Gasteiger partial charge in [-0.25, -0.2) is 70.2 Å². The number of hydrogen-bond acceptors (Lipinski definition) is 0. The first kappa shape index (κ1) is 78.7. The van der Waals surface area contributed by atoms with E-state index in [2.05, 4.69) is 27.7 Å². The Kier molecular flexibility index (Phi) is 24.5. The smallest absolute Gasteiger partial charge is 0.358 e. The quantitative estimate of drug-likeness (QED) is 0.0714. The van der Waals surface area contributed by atoms with Crippen molar-refractivity contribution >= 4 is 81.0 Å². The molecule has 4 unspecified atom stereocenters. The SMILES string of the molecule is CC(C)(C)[Si](C)(C)c1c(F)c(F)c([B-](c2c(F)c(F)c([Si](C)(C)C(C)(C)C)c(F)c2F)(c2c(F)c(F)c([Si](C)(C)C(C)(C)C)c(F)c2F)c2c(F)c(F)c([Si](C)(C)C(C)(C)C)c(F)c2F)c(F)c1F.CC1CCCC1C.CC1CCCC1C.[CH3-].[Zr+4]. The van der Waals surface area contributed by atoms with E-state index in [-0.39, 0.29) is 33.6 Å². The van der Waals surface area contributed by atoms with Crippen molar-refractivity contribution in [2.45, 2.75) is 222 Å². The fourth-order valence-electron chi connectivity index (χ4n) is 11.3. The molecule has 0 aliphatic heterocycles. The van der Waals surface area contributed by atoms with Crippen LogP contribution < -0.4 is 42.6 Å². The van der Waals surface area contributed by atoms with Crippen LogP contribution in [0.3, 0.4) is 0 Å². The molecule has 22 heteroatoms. The summed E-state index contributed by atoms with van der Waals surface area (Å²) in [5.41, 5.74) is -11.7. The van der Waals surface area contributed by atoms with E-state index in [1.54, 1.807) is 0 Å². The number of rotatable bonds is 8. The van der Waals surface area contributed by atoms with Crippen molar-refractivity contribution < 1.29 is 96.5 Å². The second kappa shape index (κ2) is 26.4. The fraction of sp³-hybridized carbons (Fsp3) is 0.603. The molecule has 6 rings (SSSR count). The molecule has 0 bridgehead atoms. The molecule has 0 nitrogen and oxygen atoms in total. The molecule has 0 saturated heterocycles. The summed E-state index contributed by atoms with van der Waals surface area (Å²) in [7, 11) is -16.1. The molecule has 2 aliphatic rings. The van der Waals surface area contributed by atoms with Gasteiger partial charge in [0.2, 0.25) is 0 Å². The first-order valence-corrected chi connectivity index (χ1v) is 40.8. The summed E-state index contributed by atoms with van der Waals surface area (Å²) in [6.45, 7) is 35.5.